The molecular weight excluding hydrogens is 284 g/mol. The Morgan fingerprint density at radius 3 is 2.86 bits per heavy atom. The first-order chi connectivity index (χ1) is 10.1. The normalized spacial score (nSPS) is 10.7. The summed E-state index contributed by atoms with van der Waals surface area (Å²) < 4.78 is 0. The van der Waals surface area contributed by atoms with E-state index in [2.05, 4.69) is 4.98 Å². The second kappa shape index (κ2) is 5.54. The highest BCUT2D eigenvalue weighted by Gasteiger charge is 2.16. The lowest BCUT2D eigenvalue weighted by atomic mass is 10.1. The number of carbonyl (C=O) groups excluding carboxylic acids is 1. The van der Waals surface area contributed by atoms with Crippen LogP contribution < -0.4 is 5.56 Å². The SMILES string of the molecule is CN(Cc1ccsc1)C(=O)c1cc2ccccc2[nH]c1=O. The van der Waals surface area contributed by atoms with Gasteiger partial charge in [0.2, 0.25) is 0 Å². The number of benzene rings is 1. The Balaban J connectivity index is 1.93. The van der Waals surface area contributed by atoms with Gasteiger partial charge in [-0.2, -0.15) is 11.3 Å². The summed E-state index contributed by atoms with van der Waals surface area (Å²) in [6.45, 7) is 0.495. The minimum absolute atomic E-state index is 0.173. The fraction of sp³-hybridized carbons (Fsp3) is 0.125. The van der Waals surface area contributed by atoms with E-state index in [4.69, 9.17) is 0 Å². The van der Waals surface area contributed by atoms with Gasteiger partial charge in [-0.15, -0.1) is 0 Å². The van der Waals surface area contributed by atoms with E-state index >= 15 is 0 Å². The van der Waals surface area contributed by atoms with Gasteiger partial charge in [-0.1, -0.05) is 18.2 Å². The van der Waals surface area contributed by atoms with Gasteiger partial charge in [-0.05, 0) is 39.9 Å². The van der Waals surface area contributed by atoms with Crippen molar-refractivity contribution in [3.63, 3.8) is 0 Å². The molecule has 0 atom stereocenters. The van der Waals surface area contributed by atoms with Crippen LogP contribution in [0.15, 0.2) is 52.0 Å². The highest BCUT2D eigenvalue weighted by molar-refractivity contribution is 7.07. The number of carbonyl (C=O) groups is 1. The first-order valence-corrected chi connectivity index (χ1v) is 7.48. The van der Waals surface area contributed by atoms with Crippen LogP contribution >= 0.6 is 11.3 Å². The Hall–Kier alpha value is -2.40. The lowest BCUT2D eigenvalue weighted by Crippen LogP contribution is -2.31. The molecule has 0 radical (unpaired) electrons. The predicted octanol–water partition coefficient (Wildman–Crippen LogP) is 2.86. The van der Waals surface area contributed by atoms with Gasteiger partial charge in [0.25, 0.3) is 11.5 Å². The number of hydrogen-bond acceptors (Lipinski definition) is 3. The summed E-state index contributed by atoms with van der Waals surface area (Å²) in [6, 6.07) is 11.0. The molecule has 106 valence electrons. The third-order valence-electron chi connectivity index (χ3n) is 3.33. The van der Waals surface area contributed by atoms with Crippen molar-refractivity contribution in [2.45, 2.75) is 6.54 Å². The van der Waals surface area contributed by atoms with Crippen LogP contribution in [0.2, 0.25) is 0 Å². The standard InChI is InChI=1S/C16H14N2O2S/c1-18(9-11-6-7-21-10-11)16(20)13-8-12-4-2-3-5-14(12)17-15(13)19/h2-8,10H,9H2,1H3,(H,17,19). The van der Waals surface area contributed by atoms with Crippen molar-refractivity contribution >= 4 is 28.1 Å². The summed E-state index contributed by atoms with van der Waals surface area (Å²) in [4.78, 5) is 28.8. The zero-order valence-electron chi connectivity index (χ0n) is 11.5. The van der Waals surface area contributed by atoms with Crippen LogP contribution in [0.3, 0.4) is 0 Å². The number of pyridine rings is 1. The molecule has 3 aromatic rings. The fourth-order valence-corrected chi connectivity index (χ4v) is 2.90. The summed E-state index contributed by atoms with van der Waals surface area (Å²) in [5.74, 6) is -0.270. The zero-order valence-corrected chi connectivity index (χ0v) is 12.3. The number of aromatic amines is 1. The number of nitrogens with one attached hydrogen (secondary N) is 1. The summed E-state index contributed by atoms with van der Waals surface area (Å²) >= 11 is 1.59. The van der Waals surface area contributed by atoms with Gasteiger partial charge in [-0.25, -0.2) is 0 Å². The number of amides is 1. The van der Waals surface area contributed by atoms with Gasteiger partial charge >= 0.3 is 0 Å². The maximum Gasteiger partial charge on any atom is 0.261 e. The van der Waals surface area contributed by atoms with Crippen molar-refractivity contribution in [2.24, 2.45) is 0 Å². The molecule has 2 heterocycles. The minimum Gasteiger partial charge on any atom is -0.337 e. The van der Waals surface area contributed by atoms with Crippen LogP contribution in [0.5, 0.6) is 0 Å². The van der Waals surface area contributed by atoms with E-state index in [1.54, 1.807) is 29.4 Å². The Bertz CT molecular complexity index is 837. The second-order valence-electron chi connectivity index (χ2n) is 4.89. The molecule has 0 unspecified atom stereocenters. The largest absolute Gasteiger partial charge is 0.337 e. The quantitative estimate of drug-likeness (QED) is 0.808. The second-order valence-corrected chi connectivity index (χ2v) is 5.67. The van der Waals surface area contributed by atoms with Crippen LogP contribution in [-0.2, 0) is 6.54 Å². The molecule has 3 rings (SSSR count). The van der Waals surface area contributed by atoms with E-state index < -0.39 is 0 Å². The monoisotopic (exact) mass is 298 g/mol. The first kappa shape index (κ1) is 13.6. The predicted molar refractivity (Wildman–Crippen MR) is 84.7 cm³/mol. The highest BCUT2D eigenvalue weighted by Crippen LogP contribution is 2.13. The van der Waals surface area contributed by atoms with Crippen LogP contribution in [-0.4, -0.2) is 22.8 Å². The van der Waals surface area contributed by atoms with Crippen LogP contribution in [0.4, 0.5) is 0 Å². The first-order valence-electron chi connectivity index (χ1n) is 6.54. The number of thiophene rings is 1. The van der Waals surface area contributed by atoms with Crippen molar-refractivity contribution in [1.82, 2.24) is 9.88 Å². The molecular formula is C16H14N2O2S. The Morgan fingerprint density at radius 1 is 1.29 bits per heavy atom. The number of para-hydroxylation sites is 1. The van der Waals surface area contributed by atoms with E-state index in [-0.39, 0.29) is 17.0 Å². The third-order valence-corrected chi connectivity index (χ3v) is 4.06. The number of aromatic nitrogens is 1. The lowest BCUT2D eigenvalue weighted by Gasteiger charge is -2.16. The molecule has 0 bridgehead atoms. The molecule has 0 saturated carbocycles. The minimum atomic E-state index is -0.351. The van der Waals surface area contributed by atoms with Crippen molar-refractivity contribution in [1.29, 1.82) is 0 Å². The van der Waals surface area contributed by atoms with Crippen LogP contribution in [0, 0.1) is 0 Å². The maximum absolute atomic E-state index is 12.4. The molecule has 1 amide bonds. The van der Waals surface area contributed by atoms with Gasteiger partial charge < -0.3 is 9.88 Å². The van der Waals surface area contributed by atoms with Gasteiger partial charge in [0, 0.05) is 19.1 Å². The summed E-state index contributed by atoms with van der Waals surface area (Å²) in [7, 11) is 1.70. The summed E-state index contributed by atoms with van der Waals surface area (Å²) in [6.07, 6.45) is 0. The van der Waals surface area contributed by atoms with E-state index in [1.165, 1.54) is 0 Å². The number of rotatable bonds is 3. The molecule has 1 N–H and O–H groups in total. The Morgan fingerprint density at radius 2 is 2.10 bits per heavy atom. The molecule has 21 heavy (non-hydrogen) atoms. The summed E-state index contributed by atoms with van der Waals surface area (Å²) in [5, 5.41) is 4.81. The van der Waals surface area contributed by atoms with Crippen LogP contribution in [0.1, 0.15) is 15.9 Å². The zero-order chi connectivity index (χ0) is 14.8. The van der Waals surface area contributed by atoms with Crippen molar-refractivity contribution in [3.8, 4) is 0 Å². The molecule has 0 spiro atoms. The Kier molecular flexibility index (Phi) is 3.58. The molecule has 0 aliphatic rings. The van der Waals surface area contributed by atoms with Gasteiger partial charge in [0.15, 0.2) is 0 Å². The average molecular weight is 298 g/mol. The highest BCUT2D eigenvalue weighted by atomic mass is 32.1. The number of nitrogens with zero attached hydrogens (tertiary/aromatic N) is 1. The summed E-state index contributed by atoms with van der Waals surface area (Å²) in [5.41, 5.74) is 1.62. The molecule has 0 aliphatic carbocycles. The van der Waals surface area contributed by atoms with Gasteiger partial charge in [0.1, 0.15) is 5.56 Å². The molecule has 0 fully saturated rings. The van der Waals surface area contributed by atoms with E-state index in [0.29, 0.717) is 6.54 Å². The number of hydrogen-bond donors (Lipinski definition) is 1. The van der Waals surface area contributed by atoms with Crippen molar-refractivity contribution in [2.75, 3.05) is 7.05 Å². The molecule has 2 aromatic heterocycles. The Labute approximate surface area is 125 Å². The van der Waals surface area contributed by atoms with Crippen molar-refractivity contribution < 1.29 is 4.79 Å². The topological polar surface area (TPSA) is 53.2 Å². The molecule has 5 heteroatoms. The smallest absolute Gasteiger partial charge is 0.261 e. The lowest BCUT2D eigenvalue weighted by molar-refractivity contribution is 0.0783. The molecule has 1 aromatic carbocycles. The average Bonchev–Trinajstić information content (AvgIpc) is 2.98. The van der Waals surface area contributed by atoms with E-state index in [9.17, 15) is 9.59 Å². The number of fused-ring (bicyclic) bond motifs is 1. The van der Waals surface area contributed by atoms with Crippen molar-refractivity contribution in [3.05, 3.63) is 68.6 Å². The van der Waals surface area contributed by atoms with E-state index in [1.807, 2.05) is 41.1 Å². The molecule has 4 nitrogen and oxygen atoms in total. The van der Waals surface area contributed by atoms with Gasteiger partial charge in [-0.3, -0.25) is 9.59 Å². The molecule has 0 aliphatic heterocycles. The maximum atomic E-state index is 12.4. The van der Waals surface area contributed by atoms with Gasteiger partial charge in [0.05, 0.1) is 0 Å². The number of H-pyrrole nitrogens is 1. The molecule has 0 saturated heterocycles. The van der Waals surface area contributed by atoms with E-state index in [0.717, 1.165) is 16.5 Å². The van der Waals surface area contributed by atoms with Crippen LogP contribution in [0.25, 0.3) is 10.9 Å². The fourth-order valence-electron chi connectivity index (χ4n) is 2.24. The third kappa shape index (κ3) is 2.73.